The summed E-state index contributed by atoms with van der Waals surface area (Å²) < 4.78 is 17.0. The van der Waals surface area contributed by atoms with E-state index in [9.17, 15) is 4.79 Å². The first-order chi connectivity index (χ1) is 11.2. The summed E-state index contributed by atoms with van der Waals surface area (Å²) in [5.41, 5.74) is 1.71. The van der Waals surface area contributed by atoms with Crippen LogP contribution in [0.3, 0.4) is 0 Å². The van der Waals surface area contributed by atoms with Crippen LogP contribution in [0.5, 0.6) is 23.0 Å². The van der Waals surface area contributed by atoms with Gasteiger partial charge in [-0.1, -0.05) is 26.0 Å². The Hall–Kier alpha value is -2.49. The van der Waals surface area contributed by atoms with Crippen LogP contribution in [-0.2, 0) is 6.42 Å². The molecule has 0 saturated heterocycles. The largest absolute Gasteiger partial charge is 0.493 e. The lowest BCUT2D eigenvalue weighted by Crippen LogP contribution is -2.01. The molecule has 0 spiro atoms. The molecule has 0 atom stereocenters. The van der Waals surface area contributed by atoms with Gasteiger partial charge in [-0.3, -0.25) is 4.79 Å². The van der Waals surface area contributed by atoms with Crippen molar-refractivity contribution in [2.24, 2.45) is 0 Å². The van der Waals surface area contributed by atoms with Gasteiger partial charge < -0.3 is 14.2 Å². The van der Waals surface area contributed by atoms with Crippen molar-refractivity contribution in [3.63, 3.8) is 0 Å². The second-order valence-electron chi connectivity index (χ2n) is 5.12. The average molecular weight is 314 g/mol. The van der Waals surface area contributed by atoms with Gasteiger partial charge in [-0.05, 0) is 42.7 Å². The molecule has 0 aliphatic carbocycles. The van der Waals surface area contributed by atoms with Crippen LogP contribution in [0.25, 0.3) is 0 Å². The Morgan fingerprint density at radius 2 is 1.74 bits per heavy atom. The Kier molecular flexibility index (Phi) is 6.03. The molecule has 0 unspecified atom stereocenters. The van der Waals surface area contributed by atoms with E-state index in [0.717, 1.165) is 19.1 Å². The summed E-state index contributed by atoms with van der Waals surface area (Å²) >= 11 is 0. The van der Waals surface area contributed by atoms with Crippen LogP contribution in [0.2, 0.25) is 0 Å². The molecule has 0 heterocycles. The molecular formula is C19H22O4. The maximum absolute atomic E-state index is 11.1. The van der Waals surface area contributed by atoms with Crippen molar-refractivity contribution in [1.29, 1.82) is 0 Å². The van der Waals surface area contributed by atoms with E-state index in [1.54, 1.807) is 19.2 Å². The Bertz CT molecular complexity index is 647. The summed E-state index contributed by atoms with van der Waals surface area (Å²) in [4.78, 5) is 11.1. The van der Waals surface area contributed by atoms with Gasteiger partial charge in [0.15, 0.2) is 11.5 Å². The number of aryl methyl sites for hydroxylation is 1. The molecule has 0 aliphatic heterocycles. The van der Waals surface area contributed by atoms with Crippen molar-refractivity contribution in [2.75, 3.05) is 13.7 Å². The Morgan fingerprint density at radius 1 is 1.04 bits per heavy atom. The third kappa shape index (κ3) is 4.25. The van der Waals surface area contributed by atoms with E-state index in [2.05, 4.69) is 6.92 Å². The van der Waals surface area contributed by atoms with Crippen LogP contribution in [0.4, 0.5) is 0 Å². The molecule has 0 fully saturated rings. The lowest BCUT2D eigenvalue weighted by atomic mass is 10.1. The zero-order valence-electron chi connectivity index (χ0n) is 13.8. The highest BCUT2D eigenvalue weighted by Crippen LogP contribution is 2.40. The third-order valence-corrected chi connectivity index (χ3v) is 3.41. The topological polar surface area (TPSA) is 44.8 Å². The number of hydrogen-bond donors (Lipinski definition) is 0. The van der Waals surface area contributed by atoms with Crippen molar-refractivity contribution < 1.29 is 19.0 Å². The molecule has 0 bridgehead atoms. The highest BCUT2D eigenvalue weighted by atomic mass is 16.5. The van der Waals surface area contributed by atoms with Gasteiger partial charge in [-0.15, -0.1) is 0 Å². The van der Waals surface area contributed by atoms with Gasteiger partial charge in [0.25, 0.3) is 0 Å². The predicted molar refractivity (Wildman–Crippen MR) is 90.1 cm³/mol. The minimum atomic E-state index is 0.476. The van der Waals surface area contributed by atoms with Crippen LogP contribution in [0.15, 0.2) is 36.4 Å². The van der Waals surface area contributed by atoms with Gasteiger partial charge in [-0.25, -0.2) is 0 Å². The maximum atomic E-state index is 11.1. The third-order valence-electron chi connectivity index (χ3n) is 3.41. The van der Waals surface area contributed by atoms with Crippen LogP contribution >= 0.6 is 0 Å². The minimum absolute atomic E-state index is 0.476. The zero-order chi connectivity index (χ0) is 16.7. The molecular weight excluding hydrogens is 292 g/mol. The van der Waals surface area contributed by atoms with Gasteiger partial charge in [0, 0.05) is 5.56 Å². The lowest BCUT2D eigenvalue weighted by molar-refractivity contribution is 0.112. The average Bonchev–Trinajstić information content (AvgIpc) is 2.60. The first-order valence-electron chi connectivity index (χ1n) is 7.78. The number of aldehydes is 1. The molecule has 0 aromatic heterocycles. The molecule has 2 rings (SSSR count). The quantitative estimate of drug-likeness (QED) is 0.665. The normalized spacial score (nSPS) is 10.2. The summed E-state index contributed by atoms with van der Waals surface area (Å²) in [6.07, 6.45) is 2.60. The van der Waals surface area contributed by atoms with Gasteiger partial charge in [0.1, 0.15) is 12.0 Å². The summed E-state index contributed by atoms with van der Waals surface area (Å²) in [6.45, 7) is 4.67. The highest BCUT2D eigenvalue weighted by Gasteiger charge is 2.15. The molecule has 122 valence electrons. The number of ether oxygens (including phenoxy) is 3. The monoisotopic (exact) mass is 314 g/mol. The fourth-order valence-corrected chi connectivity index (χ4v) is 2.16. The molecule has 0 amide bonds. The smallest absolute Gasteiger partial charge is 0.204 e. The van der Waals surface area contributed by atoms with Gasteiger partial charge in [0.2, 0.25) is 5.75 Å². The summed E-state index contributed by atoms with van der Waals surface area (Å²) in [5.74, 6) is 2.17. The first-order valence-corrected chi connectivity index (χ1v) is 7.78. The number of hydrogen-bond acceptors (Lipinski definition) is 4. The second kappa shape index (κ2) is 8.22. The maximum Gasteiger partial charge on any atom is 0.204 e. The van der Waals surface area contributed by atoms with E-state index in [1.807, 2.05) is 31.2 Å². The van der Waals surface area contributed by atoms with Crippen LogP contribution in [0, 0.1) is 0 Å². The van der Waals surface area contributed by atoms with Gasteiger partial charge in [0.05, 0.1) is 13.7 Å². The van der Waals surface area contributed by atoms with E-state index in [0.29, 0.717) is 35.2 Å². The standard InChI is InChI=1S/C19H22O4/c1-4-10-22-19-17(21-3)11-15(13-20)12-18(19)23-16-8-6-14(5-2)7-9-16/h6-9,11-13H,4-5,10H2,1-3H3. The van der Waals surface area contributed by atoms with Crippen molar-refractivity contribution >= 4 is 6.29 Å². The predicted octanol–water partition coefficient (Wildman–Crippen LogP) is 4.65. The minimum Gasteiger partial charge on any atom is -0.493 e. The van der Waals surface area contributed by atoms with Crippen molar-refractivity contribution in [3.05, 3.63) is 47.5 Å². The van der Waals surface area contributed by atoms with Crippen LogP contribution < -0.4 is 14.2 Å². The summed E-state index contributed by atoms with van der Waals surface area (Å²) in [6, 6.07) is 11.1. The Morgan fingerprint density at radius 3 is 2.30 bits per heavy atom. The van der Waals surface area contributed by atoms with Gasteiger partial charge in [-0.2, -0.15) is 0 Å². The second-order valence-corrected chi connectivity index (χ2v) is 5.12. The van der Waals surface area contributed by atoms with Crippen molar-refractivity contribution in [2.45, 2.75) is 26.7 Å². The fraction of sp³-hybridized carbons (Fsp3) is 0.316. The molecule has 23 heavy (non-hydrogen) atoms. The molecule has 0 saturated carbocycles. The molecule has 0 aliphatic rings. The number of rotatable bonds is 8. The number of carbonyl (C=O) groups excluding carboxylic acids is 1. The SMILES string of the molecule is CCCOc1c(OC)cc(C=O)cc1Oc1ccc(CC)cc1. The van der Waals surface area contributed by atoms with E-state index >= 15 is 0 Å². The van der Waals surface area contributed by atoms with E-state index in [1.165, 1.54) is 5.56 Å². The molecule has 0 N–H and O–H groups in total. The molecule has 0 radical (unpaired) electrons. The number of benzene rings is 2. The molecule has 2 aromatic rings. The molecule has 2 aromatic carbocycles. The Labute approximate surface area is 137 Å². The highest BCUT2D eigenvalue weighted by molar-refractivity contribution is 5.78. The van der Waals surface area contributed by atoms with Crippen molar-refractivity contribution in [1.82, 2.24) is 0 Å². The number of carbonyl (C=O) groups is 1. The Balaban J connectivity index is 2.38. The lowest BCUT2D eigenvalue weighted by Gasteiger charge is -2.16. The molecule has 4 nitrogen and oxygen atoms in total. The molecule has 4 heteroatoms. The van der Waals surface area contributed by atoms with Gasteiger partial charge >= 0.3 is 0 Å². The van der Waals surface area contributed by atoms with E-state index < -0.39 is 0 Å². The first kappa shape index (κ1) is 16.9. The fourth-order valence-electron chi connectivity index (χ4n) is 2.16. The summed E-state index contributed by atoms with van der Waals surface area (Å²) in [5, 5.41) is 0. The van der Waals surface area contributed by atoms with Crippen LogP contribution in [-0.4, -0.2) is 20.0 Å². The summed E-state index contributed by atoms with van der Waals surface area (Å²) in [7, 11) is 1.54. The van der Waals surface area contributed by atoms with E-state index in [-0.39, 0.29) is 0 Å². The van der Waals surface area contributed by atoms with Crippen LogP contribution in [0.1, 0.15) is 36.2 Å². The van der Waals surface area contributed by atoms with E-state index in [4.69, 9.17) is 14.2 Å². The number of methoxy groups -OCH3 is 1. The zero-order valence-corrected chi connectivity index (χ0v) is 13.8. The van der Waals surface area contributed by atoms with Crippen molar-refractivity contribution in [3.8, 4) is 23.0 Å².